The fraction of sp³-hybridized carbons (Fsp3) is 0.875. The van der Waals surface area contributed by atoms with Gasteiger partial charge in [0.05, 0.1) is 19.8 Å². The zero-order valence-corrected chi connectivity index (χ0v) is 20.9. The fourth-order valence-corrected chi connectivity index (χ4v) is 5.10. The molecule has 0 aromatic heterocycles. The lowest BCUT2D eigenvalue weighted by Crippen LogP contribution is -2.88. The molecule has 1 amide bonds. The molecule has 12 nitrogen and oxygen atoms in total. The highest BCUT2D eigenvalue weighted by Crippen LogP contribution is 2.45. The molecule has 0 radical (unpaired) electrons. The van der Waals surface area contributed by atoms with Gasteiger partial charge in [-0.2, -0.15) is 0 Å². The summed E-state index contributed by atoms with van der Waals surface area (Å²) in [6.07, 6.45) is -3.91. The number of ether oxygens (including phenoxy) is 3. The summed E-state index contributed by atoms with van der Waals surface area (Å²) in [5, 5.41) is 77.1. The first-order chi connectivity index (χ1) is 17.1. The maximum Gasteiger partial charge on any atom is 0.217 e. The zero-order valence-electron chi connectivity index (χ0n) is 20.9. The Hall–Kier alpha value is -1.19. The second-order valence-electron chi connectivity index (χ2n) is 9.58. The Balaban J connectivity index is 2.32. The number of rotatable bonds is 14. The average molecular weight is 522 g/mol. The van der Waals surface area contributed by atoms with E-state index < -0.39 is 79.8 Å². The molecular formula is C24H43NO11. The Morgan fingerprint density at radius 3 is 2.22 bits per heavy atom. The van der Waals surface area contributed by atoms with Gasteiger partial charge in [0.15, 0.2) is 17.4 Å². The van der Waals surface area contributed by atoms with Crippen LogP contribution in [0.4, 0.5) is 0 Å². The van der Waals surface area contributed by atoms with Crippen molar-refractivity contribution in [3.8, 4) is 0 Å². The number of carbonyl (C=O) groups excluding carboxylic acids is 1. The minimum atomic E-state index is -2.79. The van der Waals surface area contributed by atoms with Crippen LogP contribution in [-0.2, 0) is 19.0 Å². The van der Waals surface area contributed by atoms with Gasteiger partial charge in [-0.3, -0.25) is 4.79 Å². The van der Waals surface area contributed by atoms with Crippen LogP contribution in [0.3, 0.4) is 0 Å². The molecule has 2 saturated heterocycles. The largest absolute Gasteiger partial charge is 0.394 e. The molecule has 0 aliphatic carbocycles. The lowest BCUT2D eigenvalue weighted by atomic mass is 9.63. The second kappa shape index (κ2) is 14.1. The van der Waals surface area contributed by atoms with Crippen molar-refractivity contribution in [3.05, 3.63) is 12.7 Å². The molecule has 2 fully saturated rings. The molecule has 0 spiro atoms. The van der Waals surface area contributed by atoms with Gasteiger partial charge in [0.2, 0.25) is 5.91 Å². The minimum absolute atomic E-state index is 0.0574. The van der Waals surface area contributed by atoms with Crippen LogP contribution in [0.1, 0.15) is 51.9 Å². The monoisotopic (exact) mass is 521 g/mol. The number of amides is 1. The third-order valence-electron chi connectivity index (χ3n) is 7.10. The summed E-state index contributed by atoms with van der Waals surface area (Å²) in [7, 11) is 0. The summed E-state index contributed by atoms with van der Waals surface area (Å²) in [6.45, 7) is 2.80. The van der Waals surface area contributed by atoms with Crippen LogP contribution in [0.15, 0.2) is 12.7 Å². The third kappa shape index (κ3) is 6.26. The maximum atomic E-state index is 12.3. The van der Waals surface area contributed by atoms with Gasteiger partial charge >= 0.3 is 0 Å². The molecule has 0 aromatic rings. The van der Waals surface area contributed by atoms with E-state index in [0.717, 1.165) is 45.4 Å². The number of hydrogen-bond acceptors (Lipinski definition) is 11. The van der Waals surface area contributed by atoms with Crippen molar-refractivity contribution in [1.29, 1.82) is 0 Å². The summed E-state index contributed by atoms with van der Waals surface area (Å²) in [5.41, 5.74) is -5.29. The van der Waals surface area contributed by atoms with Crippen LogP contribution < -0.4 is 5.32 Å². The van der Waals surface area contributed by atoms with Crippen LogP contribution >= 0.6 is 0 Å². The molecule has 0 aromatic carbocycles. The first kappa shape index (κ1) is 31.0. The second-order valence-corrected chi connectivity index (χ2v) is 9.58. The fourth-order valence-electron chi connectivity index (χ4n) is 5.10. The highest BCUT2D eigenvalue weighted by Gasteiger charge is 2.73. The molecule has 36 heavy (non-hydrogen) atoms. The SMILES string of the molecule is C=CCCCCCCCCO[C@H]1O[C@H](CO)[C@H](O)[C@H](O)[C@]1(NC(C)=O)[C@]1(O)[C@@H](O)CO[C@H](CO)[C@@H]1O. The third-order valence-corrected chi connectivity index (χ3v) is 7.10. The Kier molecular flexibility index (Phi) is 12.2. The maximum absolute atomic E-state index is 12.3. The molecule has 2 heterocycles. The van der Waals surface area contributed by atoms with E-state index in [1.165, 1.54) is 0 Å². The van der Waals surface area contributed by atoms with E-state index in [1.807, 2.05) is 6.08 Å². The molecule has 210 valence electrons. The Labute approximate surface area is 211 Å². The van der Waals surface area contributed by atoms with E-state index in [4.69, 9.17) is 14.2 Å². The van der Waals surface area contributed by atoms with Crippen LogP contribution in [-0.4, -0.2) is 122 Å². The Morgan fingerprint density at radius 1 is 1.03 bits per heavy atom. The van der Waals surface area contributed by atoms with Gasteiger partial charge in [-0.05, 0) is 19.3 Å². The van der Waals surface area contributed by atoms with Crippen molar-refractivity contribution in [1.82, 2.24) is 5.32 Å². The molecule has 0 unspecified atom stereocenters. The molecule has 9 atom stereocenters. The van der Waals surface area contributed by atoms with Gasteiger partial charge < -0.3 is 55.3 Å². The van der Waals surface area contributed by atoms with Gasteiger partial charge in [-0.15, -0.1) is 6.58 Å². The predicted molar refractivity (Wildman–Crippen MR) is 127 cm³/mol. The van der Waals surface area contributed by atoms with Gasteiger partial charge in [0, 0.05) is 13.5 Å². The average Bonchev–Trinajstić information content (AvgIpc) is 2.85. The molecule has 12 heteroatoms. The van der Waals surface area contributed by atoms with E-state index in [9.17, 15) is 40.5 Å². The predicted octanol–water partition coefficient (Wildman–Crippen LogP) is -1.92. The summed E-state index contributed by atoms with van der Waals surface area (Å²) in [4.78, 5) is 12.3. The molecular weight excluding hydrogens is 478 g/mol. The summed E-state index contributed by atoms with van der Waals surface area (Å²) >= 11 is 0. The molecule has 2 aliphatic rings. The number of aliphatic hydroxyl groups excluding tert-OH is 6. The Bertz CT molecular complexity index is 697. The molecule has 2 rings (SSSR count). The van der Waals surface area contributed by atoms with E-state index >= 15 is 0 Å². The highest BCUT2D eigenvalue weighted by molar-refractivity contribution is 5.74. The van der Waals surface area contributed by atoms with E-state index in [2.05, 4.69) is 11.9 Å². The molecule has 0 bridgehead atoms. The van der Waals surface area contributed by atoms with Crippen molar-refractivity contribution in [2.45, 2.75) is 106 Å². The van der Waals surface area contributed by atoms with Crippen molar-refractivity contribution in [3.63, 3.8) is 0 Å². The van der Waals surface area contributed by atoms with E-state index in [-0.39, 0.29) is 6.61 Å². The number of aliphatic hydroxyl groups is 7. The van der Waals surface area contributed by atoms with Crippen molar-refractivity contribution >= 4 is 5.91 Å². The normalized spacial score (nSPS) is 39.1. The minimum Gasteiger partial charge on any atom is -0.394 e. The number of nitrogens with one attached hydrogen (secondary N) is 1. The Morgan fingerprint density at radius 2 is 1.64 bits per heavy atom. The lowest BCUT2D eigenvalue weighted by molar-refractivity contribution is -0.368. The van der Waals surface area contributed by atoms with Gasteiger partial charge in [-0.1, -0.05) is 31.8 Å². The van der Waals surface area contributed by atoms with Crippen LogP contribution in [0, 0.1) is 0 Å². The first-order valence-electron chi connectivity index (χ1n) is 12.6. The summed E-state index contributed by atoms with van der Waals surface area (Å²) in [6, 6.07) is 0. The topological polar surface area (TPSA) is 198 Å². The van der Waals surface area contributed by atoms with E-state index in [0.29, 0.717) is 6.42 Å². The van der Waals surface area contributed by atoms with Gasteiger partial charge in [0.1, 0.15) is 36.6 Å². The molecule has 2 aliphatic heterocycles. The van der Waals surface area contributed by atoms with E-state index in [1.54, 1.807) is 0 Å². The van der Waals surface area contributed by atoms with Crippen LogP contribution in [0.5, 0.6) is 0 Å². The summed E-state index contributed by atoms with van der Waals surface area (Å²) in [5.74, 6) is -0.791. The number of hydrogen-bond donors (Lipinski definition) is 8. The van der Waals surface area contributed by atoms with Crippen LogP contribution in [0.25, 0.3) is 0 Å². The summed E-state index contributed by atoms with van der Waals surface area (Å²) < 4.78 is 16.8. The number of allylic oxidation sites excluding steroid dienone is 1. The van der Waals surface area contributed by atoms with Crippen molar-refractivity contribution < 1.29 is 54.8 Å². The quantitative estimate of drug-likeness (QED) is 0.0936. The standard InChI is InChI=1S/C24H43NO11/c1-3-4-5-6-7-8-9-10-11-34-22-23(25-15(2)28,21(32)19(30)16(12-26)36-22)24(33)18(29)14-35-17(13-27)20(24)31/h3,16-22,26-27,29-33H,1,4-14H2,2H3,(H,25,28)/t16-,17-,18+,19+,20+,21+,22+,23-,24+/m1/s1. The molecule has 0 saturated carbocycles. The number of unbranched alkanes of at least 4 members (excludes halogenated alkanes) is 6. The highest BCUT2D eigenvalue weighted by atomic mass is 16.7. The number of carbonyl (C=O) groups is 1. The lowest BCUT2D eigenvalue weighted by Gasteiger charge is -2.61. The van der Waals surface area contributed by atoms with Crippen molar-refractivity contribution in [2.75, 3.05) is 26.4 Å². The van der Waals surface area contributed by atoms with Crippen molar-refractivity contribution in [2.24, 2.45) is 0 Å². The van der Waals surface area contributed by atoms with Gasteiger partial charge in [-0.25, -0.2) is 0 Å². The van der Waals surface area contributed by atoms with Crippen LogP contribution in [0.2, 0.25) is 0 Å². The van der Waals surface area contributed by atoms with Gasteiger partial charge in [0.25, 0.3) is 0 Å². The first-order valence-corrected chi connectivity index (χ1v) is 12.6. The smallest absolute Gasteiger partial charge is 0.217 e. The zero-order chi connectivity index (χ0) is 26.9. The molecule has 8 N–H and O–H groups in total.